The molecule has 1 atom stereocenters. The molecule has 1 N–H and O–H groups in total. The van der Waals surface area contributed by atoms with Crippen molar-refractivity contribution in [3.63, 3.8) is 0 Å². The first kappa shape index (κ1) is 38.8. The van der Waals surface area contributed by atoms with Crippen molar-refractivity contribution in [3.05, 3.63) is 109 Å². The molecule has 9 nitrogen and oxygen atoms in total. The zero-order chi connectivity index (χ0) is 38.7. The normalized spacial score (nSPS) is 16.1. The van der Waals surface area contributed by atoms with Crippen molar-refractivity contribution in [1.29, 1.82) is 0 Å². The van der Waals surface area contributed by atoms with Gasteiger partial charge in [0.2, 0.25) is 17.7 Å². The van der Waals surface area contributed by atoms with E-state index in [0.29, 0.717) is 22.6 Å². The van der Waals surface area contributed by atoms with Gasteiger partial charge in [-0.15, -0.1) is 0 Å². The molecule has 0 aliphatic heterocycles. The number of aryl methyl sites for hydroxylation is 1. The number of fused-ring (bicyclic) bond motifs is 1. The van der Waals surface area contributed by atoms with Crippen molar-refractivity contribution in [2.75, 3.05) is 26.1 Å². The third-order valence-electron chi connectivity index (χ3n) is 11.0. The van der Waals surface area contributed by atoms with E-state index in [-0.39, 0.29) is 30.9 Å². The summed E-state index contributed by atoms with van der Waals surface area (Å²) in [7, 11) is 1.95. The molecule has 2 aromatic heterocycles. The van der Waals surface area contributed by atoms with Crippen LogP contribution in [-0.2, 0) is 26.5 Å². The van der Waals surface area contributed by atoms with Gasteiger partial charge in [-0.05, 0) is 64.5 Å². The summed E-state index contributed by atoms with van der Waals surface area (Å²) >= 11 is 0. The maximum absolute atomic E-state index is 14.9. The molecule has 6 rings (SSSR count). The Bertz CT molecular complexity index is 2020. The van der Waals surface area contributed by atoms with Crippen molar-refractivity contribution in [1.82, 2.24) is 19.7 Å². The van der Waals surface area contributed by atoms with Crippen LogP contribution in [0.1, 0.15) is 58.4 Å². The molecule has 0 saturated heterocycles. The highest BCUT2D eigenvalue weighted by Gasteiger charge is 2.52. The molecule has 1 aliphatic rings. The predicted molar refractivity (Wildman–Crippen MR) is 210 cm³/mol. The van der Waals surface area contributed by atoms with Crippen LogP contribution in [0.4, 0.5) is 14.6 Å². The van der Waals surface area contributed by atoms with E-state index in [1.165, 1.54) is 4.90 Å². The Kier molecular flexibility index (Phi) is 11.1. The van der Waals surface area contributed by atoms with Gasteiger partial charge in [0, 0.05) is 33.5 Å². The van der Waals surface area contributed by atoms with Gasteiger partial charge in [-0.1, -0.05) is 93.6 Å². The average molecular weight is 754 g/mol. The lowest BCUT2D eigenvalue weighted by atomic mass is 9.67. The van der Waals surface area contributed by atoms with E-state index in [9.17, 15) is 18.4 Å². The van der Waals surface area contributed by atoms with Gasteiger partial charge in [-0.25, -0.2) is 13.8 Å². The van der Waals surface area contributed by atoms with Crippen LogP contribution >= 0.6 is 0 Å². The monoisotopic (exact) mass is 753 g/mol. The van der Waals surface area contributed by atoms with Crippen LogP contribution in [0.5, 0.6) is 5.75 Å². The summed E-state index contributed by atoms with van der Waals surface area (Å²) in [5, 5.41) is 9.06. The Balaban J connectivity index is 1.37. The Morgan fingerprint density at radius 1 is 0.907 bits per heavy atom. The van der Waals surface area contributed by atoms with E-state index in [1.807, 2.05) is 49.5 Å². The predicted octanol–water partition coefficient (Wildman–Crippen LogP) is 6.86. The second kappa shape index (κ2) is 15.4. The smallest absolute Gasteiger partial charge is 0.261 e. The quantitative estimate of drug-likeness (QED) is 0.140. The Morgan fingerprint density at radius 2 is 1.50 bits per heavy atom. The second-order valence-electron chi connectivity index (χ2n) is 15.3. The minimum Gasteiger partial charge on any atom is -0.497 e. The largest absolute Gasteiger partial charge is 0.497 e. The molecule has 12 heteroatoms. The molecule has 54 heavy (non-hydrogen) atoms. The summed E-state index contributed by atoms with van der Waals surface area (Å²) in [6.45, 7) is 6.68. The van der Waals surface area contributed by atoms with Crippen LogP contribution in [0.3, 0.4) is 0 Å². The summed E-state index contributed by atoms with van der Waals surface area (Å²) in [6, 6.07) is 29.9. The van der Waals surface area contributed by atoms with Gasteiger partial charge >= 0.3 is 0 Å². The van der Waals surface area contributed by atoms with Crippen LogP contribution in [0.15, 0.2) is 103 Å². The number of nitrogens with zero attached hydrogens (tertiary/aromatic N) is 4. The van der Waals surface area contributed by atoms with Crippen LogP contribution < -0.4 is 20.4 Å². The van der Waals surface area contributed by atoms with Crippen molar-refractivity contribution < 1.29 is 27.5 Å². The number of anilines is 1. The number of pyridine rings is 1. The first-order chi connectivity index (χ1) is 25.7. The first-order valence-electron chi connectivity index (χ1n) is 18.3. The second-order valence-corrected chi connectivity index (χ2v) is 19.6. The third-order valence-corrected chi connectivity index (χ3v) is 16.0. The Morgan fingerprint density at radius 3 is 2.06 bits per heavy atom. The van der Waals surface area contributed by atoms with E-state index in [1.54, 1.807) is 55.4 Å². The zero-order valence-corrected chi connectivity index (χ0v) is 32.8. The van der Waals surface area contributed by atoms with Crippen molar-refractivity contribution in [2.24, 2.45) is 7.05 Å². The molecule has 1 saturated carbocycles. The summed E-state index contributed by atoms with van der Waals surface area (Å²) in [5.41, 5.74) is 0.744. The van der Waals surface area contributed by atoms with Gasteiger partial charge in [-0.2, -0.15) is 5.10 Å². The number of ether oxygens (including phenoxy) is 1. The number of alkyl halides is 2. The molecule has 284 valence electrons. The number of benzene rings is 3. The number of likely N-dealkylation sites (N-methyl/N-ethyl adjacent to an activating group) is 1. The lowest BCUT2D eigenvalue weighted by molar-refractivity contribution is -0.147. The highest BCUT2D eigenvalue weighted by atomic mass is 28.4. The van der Waals surface area contributed by atoms with E-state index in [2.05, 4.69) is 60.4 Å². The molecule has 3 aromatic carbocycles. The van der Waals surface area contributed by atoms with Crippen molar-refractivity contribution in [2.45, 2.75) is 75.3 Å². The average Bonchev–Trinajstić information content (AvgIpc) is 3.54. The molecule has 0 radical (unpaired) electrons. The van der Waals surface area contributed by atoms with Crippen molar-refractivity contribution in [3.8, 4) is 5.75 Å². The number of nitrogens with one attached hydrogen (secondary N) is 1. The first-order valence-corrected chi connectivity index (χ1v) is 20.3. The molecule has 0 spiro atoms. The van der Waals surface area contributed by atoms with Crippen LogP contribution in [0.2, 0.25) is 5.04 Å². The number of halogens is 2. The van der Waals surface area contributed by atoms with Gasteiger partial charge in [-0.3, -0.25) is 14.3 Å². The van der Waals surface area contributed by atoms with Crippen LogP contribution in [-0.4, -0.2) is 72.5 Å². The summed E-state index contributed by atoms with van der Waals surface area (Å²) in [6.07, 6.45) is 0.738. The molecule has 1 aliphatic carbocycles. The fourth-order valence-electron chi connectivity index (χ4n) is 7.96. The van der Waals surface area contributed by atoms with Gasteiger partial charge in [0.25, 0.3) is 8.32 Å². The molecule has 0 unspecified atom stereocenters. The van der Waals surface area contributed by atoms with Gasteiger partial charge < -0.3 is 19.4 Å². The zero-order valence-electron chi connectivity index (χ0n) is 31.8. The SMILES string of the molecule is COc1ccc(C2(C(=O)N(C)[C@H](CCO[Si](c3ccccc3)(c3ccccc3)C(C)(C)C)C(=O)Nc3ccc4c(cnn4C)n3)CCC(F)(F)CC2)cc1. The molecule has 5 aromatic rings. The van der Waals surface area contributed by atoms with E-state index in [4.69, 9.17) is 9.16 Å². The standard InChI is InChI=1S/C42H49F2N5O4Si/c1-40(2,3)54(32-13-9-7-10-14-32,33-15-11-8-12-16-33)53-28-23-36(38(50)47-37-22-21-35-34(46-37)29-45-49(35)5)48(4)39(51)41(24-26-42(43,44)27-25-41)30-17-19-31(52-6)20-18-30/h7-22,29,36H,23-28H2,1-6H3,(H,46,47,50)/t36-/m1/s1. The van der Waals surface area contributed by atoms with E-state index < -0.39 is 50.4 Å². The highest BCUT2D eigenvalue weighted by molar-refractivity contribution is 6.99. The Hall–Kier alpha value is -4.94. The summed E-state index contributed by atoms with van der Waals surface area (Å²) in [4.78, 5) is 35.4. The van der Waals surface area contributed by atoms with Crippen molar-refractivity contribution >= 4 is 47.4 Å². The van der Waals surface area contributed by atoms with E-state index in [0.717, 1.165) is 15.9 Å². The number of methoxy groups -OCH3 is 1. The van der Waals surface area contributed by atoms with E-state index >= 15 is 0 Å². The maximum atomic E-state index is 14.9. The third kappa shape index (κ3) is 7.54. The van der Waals surface area contributed by atoms with Crippen LogP contribution in [0.25, 0.3) is 11.0 Å². The topological polar surface area (TPSA) is 98.6 Å². The summed E-state index contributed by atoms with van der Waals surface area (Å²) in [5.74, 6) is -2.84. The number of amides is 2. The molecule has 0 bridgehead atoms. The molecule has 1 fully saturated rings. The number of hydrogen-bond acceptors (Lipinski definition) is 6. The Labute approximate surface area is 316 Å². The maximum Gasteiger partial charge on any atom is 0.261 e. The molecule has 2 amide bonds. The minimum absolute atomic E-state index is 0.0678. The van der Waals surface area contributed by atoms with Crippen LogP contribution in [0, 0.1) is 0 Å². The lowest BCUT2D eigenvalue weighted by Crippen LogP contribution is -2.66. The number of hydrogen-bond donors (Lipinski definition) is 1. The fraction of sp³-hybridized carbons (Fsp3) is 0.381. The van der Waals surface area contributed by atoms with Gasteiger partial charge in [0.1, 0.15) is 23.1 Å². The number of carbonyl (C=O) groups is 2. The fourth-order valence-corrected chi connectivity index (χ4v) is 12.5. The minimum atomic E-state index is -2.99. The lowest BCUT2D eigenvalue weighted by Gasteiger charge is -2.44. The molecular formula is C42H49F2N5O4Si. The molecular weight excluding hydrogens is 705 g/mol. The number of rotatable bonds is 12. The number of carbonyl (C=O) groups excluding carboxylic acids is 2. The van der Waals surface area contributed by atoms with Gasteiger partial charge in [0.15, 0.2) is 0 Å². The number of aromatic nitrogens is 3. The van der Waals surface area contributed by atoms with Gasteiger partial charge in [0.05, 0.1) is 24.2 Å². The molecule has 2 heterocycles. The summed E-state index contributed by atoms with van der Waals surface area (Å²) < 4.78 is 43.6. The highest BCUT2D eigenvalue weighted by Crippen LogP contribution is 2.47.